The fourth-order valence-electron chi connectivity index (χ4n) is 2.70. The van der Waals surface area contributed by atoms with Crippen molar-refractivity contribution in [1.82, 2.24) is 19.5 Å². The highest BCUT2D eigenvalue weighted by atomic mass is 16.1. The van der Waals surface area contributed by atoms with Crippen molar-refractivity contribution >= 4 is 29.5 Å². The number of hydrogen-bond donors (Lipinski definition) is 2. The van der Waals surface area contributed by atoms with E-state index < -0.39 is 5.91 Å². The molecule has 0 fully saturated rings. The van der Waals surface area contributed by atoms with Gasteiger partial charge in [-0.2, -0.15) is 0 Å². The van der Waals surface area contributed by atoms with Crippen LogP contribution >= 0.6 is 0 Å². The molecule has 0 bridgehead atoms. The molecule has 3 N–H and O–H groups in total. The summed E-state index contributed by atoms with van der Waals surface area (Å²) >= 11 is 0. The minimum atomic E-state index is -0.492. The first kappa shape index (κ1) is 16.5. The standard InChI is InChI=1S/C20H15N5O2/c21-17(26)15-8-6-14(7-9-15)16-12-22-18-19(23-16)25(20(27)24-18)11-10-13-4-2-1-3-5-13/h1-12H,(H2,21,26)(H,22,24,27). The Labute approximate surface area is 153 Å². The van der Waals surface area contributed by atoms with Crippen LogP contribution < -0.4 is 11.4 Å². The van der Waals surface area contributed by atoms with Gasteiger partial charge >= 0.3 is 5.69 Å². The Balaban J connectivity index is 1.76. The summed E-state index contributed by atoms with van der Waals surface area (Å²) < 4.78 is 1.41. The minimum Gasteiger partial charge on any atom is -0.366 e. The second-order valence-corrected chi connectivity index (χ2v) is 5.90. The number of fused-ring (bicyclic) bond motifs is 1. The van der Waals surface area contributed by atoms with Crippen molar-refractivity contribution < 1.29 is 4.79 Å². The van der Waals surface area contributed by atoms with Gasteiger partial charge in [0, 0.05) is 17.3 Å². The number of nitrogens with two attached hydrogens (primary N) is 1. The smallest absolute Gasteiger partial charge is 0.333 e. The Morgan fingerprint density at radius 3 is 2.52 bits per heavy atom. The molecule has 7 heteroatoms. The average molecular weight is 357 g/mol. The minimum absolute atomic E-state index is 0.321. The monoisotopic (exact) mass is 357 g/mol. The SMILES string of the molecule is NC(=O)c1ccc(-c2cnc3[nH]c(=O)n(C=Cc4ccccc4)c3n2)cc1. The summed E-state index contributed by atoms with van der Waals surface area (Å²) in [5.41, 5.74) is 8.49. The third-order valence-corrected chi connectivity index (χ3v) is 4.11. The normalized spacial score (nSPS) is 11.3. The van der Waals surface area contributed by atoms with E-state index in [1.165, 1.54) is 4.57 Å². The molecule has 0 aliphatic carbocycles. The first-order chi connectivity index (χ1) is 13.1. The van der Waals surface area contributed by atoms with Gasteiger partial charge in [0.05, 0.1) is 11.9 Å². The van der Waals surface area contributed by atoms with E-state index in [-0.39, 0.29) is 5.69 Å². The number of benzene rings is 2. The molecule has 2 heterocycles. The lowest BCUT2D eigenvalue weighted by Crippen LogP contribution is -2.11. The van der Waals surface area contributed by atoms with Gasteiger partial charge in [0.2, 0.25) is 5.91 Å². The van der Waals surface area contributed by atoms with Gasteiger partial charge in [-0.1, -0.05) is 42.5 Å². The van der Waals surface area contributed by atoms with Crippen molar-refractivity contribution in [3.8, 4) is 11.3 Å². The number of carbonyl (C=O) groups excluding carboxylic acids is 1. The molecular formula is C20H15N5O2. The Morgan fingerprint density at radius 2 is 1.81 bits per heavy atom. The van der Waals surface area contributed by atoms with Crippen molar-refractivity contribution in [3.63, 3.8) is 0 Å². The number of aromatic amines is 1. The van der Waals surface area contributed by atoms with Gasteiger partial charge in [-0.25, -0.2) is 19.3 Å². The van der Waals surface area contributed by atoms with Crippen LogP contribution in [-0.4, -0.2) is 25.4 Å². The van der Waals surface area contributed by atoms with Crippen LogP contribution in [0.4, 0.5) is 0 Å². The van der Waals surface area contributed by atoms with Gasteiger partial charge in [-0.05, 0) is 23.8 Å². The van der Waals surface area contributed by atoms with Crippen LogP contribution in [0.5, 0.6) is 0 Å². The lowest BCUT2D eigenvalue weighted by Gasteiger charge is -2.02. The third-order valence-electron chi connectivity index (χ3n) is 4.11. The maximum atomic E-state index is 12.3. The van der Waals surface area contributed by atoms with E-state index in [1.807, 2.05) is 36.4 Å². The van der Waals surface area contributed by atoms with Crippen molar-refractivity contribution in [1.29, 1.82) is 0 Å². The molecule has 0 aliphatic heterocycles. The predicted molar refractivity (Wildman–Crippen MR) is 104 cm³/mol. The van der Waals surface area contributed by atoms with E-state index in [9.17, 15) is 9.59 Å². The molecule has 1 amide bonds. The van der Waals surface area contributed by atoms with Crippen LogP contribution in [0.3, 0.4) is 0 Å². The van der Waals surface area contributed by atoms with Crippen molar-refractivity contribution in [2.24, 2.45) is 5.73 Å². The van der Waals surface area contributed by atoms with E-state index in [4.69, 9.17) is 5.73 Å². The summed E-state index contributed by atoms with van der Waals surface area (Å²) in [4.78, 5) is 35.0. The van der Waals surface area contributed by atoms with Gasteiger partial charge < -0.3 is 5.73 Å². The number of rotatable bonds is 4. The number of H-pyrrole nitrogens is 1. The van der Waals surface area contributed by atoms with Gasteiger partial charge in [-0.3, -0.25) is 9.78 Å². The summed E-state index contributed by atoms with van der Waals surface area (Å²) in [5, 5.41) is 0. The van der Waals surface area contributed by atoms with Crippen LogP contribution in [-0.2, 0) is 0 Å². The number of nitrogens with zero attached hydrogens (tertiary/aromatic N) is 3. The lowest BCUT2D eigenvalue weighted by molar-refractivity contribution is 0.100. The Hall–Kier alpha value is -4.00. The molecule has 4 rings (SSSR count). The van der Waals surface area contributed by atoms with Crippen LogP contribution in [0.2, 0.25) is 0 Å². The second-order valence-electron chi connectivity index (χ2n) is 5.90. The topological polar surface area (TPSA) is 107 Å². The first-order valence-corrected chi connectivity index (χ1v) is 8.22. The number of amides is 1. The summed E-state index contributed by atoms with van der Waals surface area (Å²) in [6.45, 7) is 0. The molecular weight excluding hydrogens is 342 g/mol. The zero-order valence-electron chi connectivity index (χ0n) is 14.2. The van der Waals surface area contributed by atoms with Crippen LogP contribution in [0.1, 0.15) is 15.9 Å². The third kappa shape index (κ3) is 3.25. The zero-order chi connectivity index (χ0) is 18.8. The number of hydrogen-bond acceptors (Lipinski definition) is 4. The largest absolute Gasteiger partial charge is 0.366 e. The number of primary amides is 1. The molecule has 7 nitrogen and oxygen atoms in total. The highest BCUT2D eigenvalue weighted by molar-refractivity contribution is 5.93. The van der Waals surface area contributed by atoms with Crippen LogP contribution in [0.25, 0.3) is 34.8 Å². The van der Waals surface area contributed by atoms with Crippen LogP contribution in [0.15, 0.2) is 65.6 Å². The fourth-order valence-corrected chi connectivity index (χ4v) is 2.70. The maximum Gasteiger partial charge on any atom is 0.333 e. The van der Waals surface area contributed by atoms with Gasteiger partial charge in [0.15, 0.2) is 11.3 Å². The highest BCUT2D eigenvalue weighted by Crippen LogP contribution is 2.19. The maximum absolute atomic E-state index is 12.3. The van der Waals surface area contributed by atoms with Crippen LogP contribution in [0, 0.1) is 0 Å². The molecule has 0 radical (unpaired) electrons. The van der Waals surface area contributed by atoms with E-state index in [0.29, 0.717) is 22.6 Å². The number of imidazole rings is 1. The molecule has 0 saturated carbocycles. The summed E-state index contributed by atoms with van der Waals surface area (Å²) in [6.07, 6.45) is 5.05. The van der Waals surface area contributed by atoms with Gasteiger partial charge in [0.1, 0.15) is 0 Å². The molecule has 2 aromatic heterocycles. The molecule has 0 atom stereocenters. The van der Waals surface area contributed by atoms with E-state index >= 15 is 0 Å². The fraction of sp³-hybridized carbons (Fsp3) is 0. The number of nitrogens with one attached hydrogen (secondary N) is 1. The van der Waals surface area contributed by atoms with Gasteiger partial charge in [-0.15, -0.1) is 0 Å². The number of aromatic nitrogens is 4. The lowest BCUT2D eigenvalue weighted by atomic mass is 10.1. The van der Waals surface area contributed by atoms with Gasteiger partial charge in [0.25, 0.3) is 0 Å². The van der Waals surface area contributed by atoms with Crippen molar-refractivity contribution in [2.75, 3.05) is 0 Å². The Morgan fingerprint density at radius 1 is 1.07 bits per heavy atom. The predicted octanol–water partition coefficient (Wildman–Crippen LogP) is 2.51. The van der Waals surface area contributed by atoms with E-state index in [2.05, 4.69) is 15.0 Å². The number of carbonyl (C=O) groups is 1. The average Bonchev–Trinajstić information content (AvgIpc) is 3.01. The molecule has 4 aromatic rings. The quantitative estimate of drug-likeness (QED) is 0.585. The second kappa shape index (κ2) is 6.72. The van der Waals surface area contributed by atoms with E-state index in [1.54, 1.807) is 36.7 Å². The summed E-state index contributed by atoms with van der Waals surface area (Å²) in [7, 11) is 0. The summed E-state index contributed by atoms with van der Waals surface area (Å²) in [6, 6.07) is 16.4. The molecule has 0 unspecified atom stereocenters. The summed E-state index contributed by atoms with van der Waals surface area (Å²) in [5.74, 6) is -0.492. The zero-order valence-corrected chi connectivity index (χ0v) is 14.2. The Bertz CT molecular complexity index is 1200. The van der Waals surface area contributed by atoms with Crippen molar-refractivity contribution in [2.45, 2.75) is 0 Å². The molecule has 0 saturated heterocycles. The molecule has 132 valence electrons. The first-order valence-electron chi connectivity index (χ1n) is 8.22. The molecule has 27 heavy (non-hydrogen) atoms. The molecule has 0 spiro atoms. The molecule has 2 aromatic carbocycles. The highest BCUT2D eigenvalue weighted by Gasteiger charge is 2.10. The Kier molecular flexibility index (Phi) is 4.10. The van der Waals surface area contributed by atoms with Crippen molar-refractivity contribution in [3.05, 3.63) is 82.4 Å². The van der Waals surface area contributed by atoms with E-state index in [0.717, 1.165) is 11.1 Å². The molecule has 0 aliphatic rings.